The highest BCUT2D eigenvalue weighted by Gasteiger charge is 2.17. The molecule has 0 saturated heterocycles. The summed E-state index contributed by atoms with van der Waals surface area (Å²) in [7, 11) is 1.58. The van der Waals surface area contributed by atoms with Gasteiger partial charge in [-0.2, -0.15) is 0 Å². The fourth-order valence-electron chi connectivity index (χ4n) is 2.11. The van der Waals surface area contributed by atoms with Crippen LogP contribution in [0.2, 0.25) is 0 Å². The summed E-state index contributed by atoms with van der Waals surface area (Å²) in [6.07, 6.45) is -0.684. The number of methoxy groups -OCH3 is 1. The number of aromatic nitrogens is 2. The molecule has 1 aromatic heterocycles. The molecular weight excluding hydrogens is 338 g/mol. The second-order valence-electron chi connectivity index (χ2n) is 5.21. The zero-order valence-electron chi connectivity index (χ0n) is 13.8. The quantitative estimate of drug-likeness (QED) is 0.731. The molecule has 0 bridgehead atoms. The number of hydrogen-bond donors (Lipinski definition) is 1. The zero-order valence-corrected chi connectivity index (χ0v) is 14.6. The van der Waals surface area contributed by atoms with Gasteiger partial charge in [-0.25, -0.2) is 0 Å². The normalized spacial score (nSPS) is 11.6. The van der Waals surface area contributed by atoms with Gasteiger partial charge in [0, 0.05) is 11.6 Å². The van der Waals surface area contributed by atoms with Gasteiger partial charge in [0.2, 0.25) is 5.13 Å². The average molecular weight is 355 g/mol. The van der Waals surface area contributed by atoms with Crippen molar-refractivity contribution in [2.75, 3.05) is 12.4 Å². The third-order valence-corrected chi connectivity index (χ3v) is 4.29. The van der Waals surface area contributed by atoms with Crippen LogP contribution in [0.25, 0.3) is 10.6 Å². The van der Waals surface area contributed by atoms with Crippen LogP contribution in [0, 0.1) is 0 Å². The van der Waals surface area contributed by atoms with E-state index >= 15 is 0 Å². The summed E-state index contributed by atoms with van der Waals surface area (Å²) in [5.74, 6) is 0.935. The van der Waals surface area contributed by atoms with Crippen molar-refractivity contribution in [3.05, 3.63) is 54.6 Å². The molecule has 0 spiro atoms. The molecule has 0 fully saturated rings. The second-order valence-corrected chi connectivity index (χ2v) is 6.18. The van der Waals surface area contributed by atoms with Gasteiger partial charge in [-0.3, -0.25) is 10.1 Å². The first kappa shape index (κ1) is 16.9. The lowest BCUT2D eigenvalue weighted by atomic mass is 10.2. The lowest BCUT2D eigenvalue weighted by Gasteiger charge is -2.14. The number of carbonyl (C=O) groups is 1. The maximum absolute atomic E-state index is 12.3. The van der Waals surface area contributed by atoms with E-state index in [1.54, 1.807) is 32.2 Å². The van der Waals surface area contributed by atoms with Gasteiger partial charge < -0.3 is 9.47 Å². The van der Waals surface area contributed by atoms with Crippen LogP contribution in [0.1, 0.15) is 6.92 Å². The lowest BCUT2D eigenvalue weighted by molar-refractivity contribution is -0.122. The Morgan fingerprint density at radius 2 is 1.84 bits per heavy atom. The highest BCUT2D eigenvalue weighted by atomic mass is 32.1. The molecule has 3 aromatic rings. The van der Waals surface area contributed by atoms with Gasteiger partial charge in [-0.1, -0.05) is 47.7 Å². The van der Waals surface area contributed by atoms with Crippen LogP contribution in [-0.2, 0) is 4.79 Å². The van der Waals surface area contributed by atoms with Crippen molar-refractivity contribution in [1.29, 1.82) is 0 Å². The molecule has 1 N–H and O–H groups in total. The van der Waals surface area contributed by atoms with E-state index in [2.05, 4.69) is 15.5 Å². The van der Waals surface area contributed by atoms with E-state index < -0.39 is 6.10 Å². The van der Waals surface area contributed by atoms with Gasteiger partial charge in [-0.05, 0) is 19.1 Å². The van der Waals surface area contributed by atoms with Crippen LogP contribution in [-0.4, -0.2) is 29.3 Å². The molecule has 0 radical (unpaired) electrons. The monoisotopic (exact) mass is 355 g/mol. The smallest absolute Gasteiger partial charge is 0.266 e. The number of rotatable bonds is 6. The van der Waals surface area contributed by atoms with Gasteiger partial charge in [-0.15, -0.1) is 10.2 Å². The molecule has 0 aliphatic heterocycles. The van der Waals surface area contributed by atoms with E-state index in [9.17, 15) is 4.79 Å². The summed E-state index contributed by atoms with van der Waals surface area (Å²) in [5.41, 5.74) is 0.959. The minimum Gasteiger partial charge on any atom is -0.497 e. The highest BCUT2D eigenvalue weighted by Crippen LogP contribution is 2.26. The van der Waals surface area contributed by atoms with Crippen LogP contribution >= 0.6 is 11.3 Å². The first-order chi connectivity index (χ1) is 12.2. The standard InChI is InChI=1S/C18H17N3O3S/c1-12(24-15-10-6-9-14(11-15)23-2)16(22)19-18-21-20-17(25-18)13-7-4-3-5-8-13/h3-12H,1-2H3,(H,19,21,22)/t12-/m0/s1. The van der Waals surface area contributed by atoms with Crippen LogP contribution in [0.5, 0.6) is 11.5 Å². The lowest BCUT2D eigenvalue weighted by Crippen LogP contribution is -2.30. The predicted molar refractivity (Wildman–Crippen MR) is 97.1 cm³/mol. The first-order valence-electron chi connectivity index (χ1n) is 7.66. The molecule has 0 aliphatic rings. The maximum atomic E-state index is 12.3. The van der Waals surface area contributed by atoms with Crippen LogP contribution < -0.4 is 14.8 Å². The van der Waals surface area contributed by atoms with Crippen molar-refractivity contribution < 1.29 is 14.3 Å². The fourth-order valence-corrected chi connectivity index (χ4v) is 2.86. The second kappa shape index (κ2) is 7.76. The number of anilines is 1. The minimum absolute atomic E-state index is 0.293. The molecule has 0 unspecified atom stereocenters. The van der Waals surface area contributed by atoms with Crippen molar-refractivity contribution in [1.82, 2.24) is 10.2 Å². The summed E-state index contributed by atoms with van der Waals surface area (Å²) in [6, 6.07) is 16.8. The summed E-state index contributed by atoms with van der Waals surface area (Å²) < 4.78 is 10.8. The maximum Gasteiger partial charge on any atom is 0.266 e. The molecule has 7 heteroatoms. The zero-order chi connectivity index (χ0) is 17.6. The Kier molecular flexibility index (Phi) is 5.25. The van der Waals surface area contributed by atoms with Crippen molar-refractivity contribution in [2.24, 2.45) is 0 Å². The minimum atomic E-state index is -0.684. The Morgan fingerprint density at radius 1 is 1.08 bits per heavy atom. The van der Waals surface area contributed by atoms with E-state index in [0.717, 1.165) is 10.6 Å². The van der Waals surface area contributed by atoms with Crippen molar-refractivity contribution in [2.45, 2.75) is 13.0 Å². The van der Waals surface area contributed by atoms with E-state index in [4.69, 9.17) is 9.47 Å². The van der Waals surface area contributed by atoms with E-state index in [1.165, 1.54) is 11.3 Å². The molecule has 2 aromatic carbocycles. The molecule has 6 nitrogen and oxygen atoms in total. The first-order valence-corrected chi connectivity index (χ1v) is 8.48. The molecular formula is C18H17N3O3S. The Labute approximate surface area is 149 Å². The molecule has 128 valence electrons. The van der Waals surface area contributed by atoms with Gasteiger partial charge in [0.1, 0.15) is 16.5 Å². The fraction of sp³-hybridized carbons (Fsp3) is 0.167. The average Bonchev–Trinajstić information content (AvgIpc) is 3.11. The van der Waals surface area contributed by atoms with E-state index in [-0.39, 0.29) is 5.91 Å². The number of nitrogens with one attached hydrogen (secondary N) is 1. The highest BCUT2D eigenvalue weighted by molar-refractivity contribution is 7.18. The molecule has 1 atom stereocenters. The Bertz CT molecular complexity index is 852. The molecule has 3 rings (SSSR count). The van der Waals surface area contributed by atoms with Crippen molar-refractivity contribution in [3.63, 3.8) is 0 Å². The van der Waals surface area contributed by atoms with Gasteiger partial charge in [0.15, 0.2) is 6.10 Å². The topological polar surface area (TPSA) is 73.3 Å². The third kappa shape index (κ3) is 4.33. The van der Waals surface area contributed by atoms with Crippen molar-refractivity contribution >= 4 is 22.4 Å². The molecule has 1 amide bonds. The van der Waals surface area contributed by atoms with Crippen molar-refractivity contribution in [3.8, 4) is 22.1 Å². The summed E-state index contributed by atoms with van der Waals surface area (Å²) >= 11 is 1.31. The Balaban J connectivity index is 1.62. The van der Waals surface area contributed by atoms with Gasteiger partial charge >= 0.3 is 0 Å². The van der Waals surface area contributed by atoms with E-state index in [1.807, 2.05) is 36.4 Å². The van der Waals surface area contributed by atoms with Gasteiger partial charge in [0.05, 0.1) is 7.11 Å². The number of amides is 1. The number of nitrogens with zero attached hydrogens (tertiary/aromatic N) is 2. The van der Waals surface area contributed by atoms with Gasteiger partial charge in [0.25, 0.3) is 5.91 Å². The van der Waals surface area contributed by atoms with Crippen LogP contribution in [0.4, 0.5) is 5.13 Å². The summed E-state index contributed by atoms with van der Waals surface area (Å²) in [5, 5.41) is 12.0. The van der Waals surface area contributed by atoms with E-state index in [0.29, 0.717) is 16.6 Å². The molecule has 0 saturated carbocycles. The number of ether oxygens (including phenoxy) is 2. The number of benzene rings is 2. The number of carbonyl (C=O) groups excluding carboxylic acids is 1. The third-order valence-electron chi connectivity index (χ3n) is 3.40. The largest absolute Gasteiger partial charge is 0.497 e. The molecule has 1 heterocycles. The SMILES string of the molecule is COc1cccc(O[C@@H](C)C(=O)Nc2nnc(-c3ccccc3)s2)c1. The van der Waals surface area contributed by atoms with Crippen LogP contribution in [0.15, 0.2) is 54.6 Å². The predicted octanol–water partition coefficient (Wildman–Crippen LogP) is 3.62. The Morgan fingerprint density at radius 3 is 2.60 bits per heavy atom. The van der Waals surface area contributed by atoms with Crippen LogP contribution in [0.3, 0.4) is 0 Å². The Hall–Kier alpha value is -2.93. The summed E-state index contributed by atoms with van der Waals surface area (Å²) in [4.78, 5) is 12.3. The number of hydrogen-bond acceptors (Lipinski definition) is 6. The summed E-state index contributed by atoms with van der Waals surface area (Å²) in [6.45, 7) is 1.67. The molecule has 0 aliphatic carbocycles. The molecule has 25 heavy (non-hydrogen) atoms.